The maximum absolute atomic E-state index is 12.7. The van der Waals surface area contributed by atoms with Gasteiger partial charge in [-0.1, -0.05) is 18.2 Å². The topological polar surface area (TPSA) is 67.6 Å². The zero-order chi connectivity index (χ0) is 14.8. The van der Waals surface area contributed by atoms with Crippen LogP contribution in [0.4, 0.5) is 4.39 Å². The summed E-state index contributed by atoms with van der Waals surface area (Å²) in [6.07, 6.45) is 2.62. The highest BCUT2D eigenvalue weighted by atomic mass is 19.1. The Morgan fingerprint density at radius 3 is 3.10 bits per heavy atom. The van der Waals surface area contributed by atoms with E-state index in [1.54, 1.807) is 6.08 Å². The maximum atomic E-state index is 12.7. The van der Waals surface area contributed by atoms with E-state index in [2.05, 4.69) is 17.4 Å². The highest BCUT2D eigenvalue weighted by Gasteiger charge is 2.31. The van der Waals surface area contributed by atoms with Crippen molar-refractivity contribution in [2.75, 3.05) is 19.8 Å². The van der Waals surface area contributed by atoms with Gasteiger partial charge in [-0.05, 0) is 35.7 Å². The molecule has 2 aliphatic rings. The van der Waals surface area contributed by atoms with Crippen molar-refractivity contribution in [3.8, 4) is 0 Å². The quantitative estimate of drug-likeness (QED) is 0.867. The van der Waals surface area contributed by atoms with Gasteiger partial charge in [-0.25, -0.2) is 4.39 Å². The minimum absolute atomic E-state index is 0.0767. The van der Waals surface area contributed by atoms with Crippen LogP contribution in [0.15, 0.2) is 30.0 Å². The molecule has 2 aliphatic heterocycles. The Morgan fingerprint density at radius 2 is 2.33 bits per heavy atom. The first kappa shape index (κ1) is 14.0. The summed E-state index contributed by atoms with van der Waals surface area (Å²) in [5.41, 5.74) is 8.80. The highest BCUT2D eigenvalue weighted by Crippen LogP contribution is 2.32. The number of carbonyl (C=O) groups is 1. The molecule has 0 fully saturated rings. The van der Waals surface area contributed by atoms with Gasteiger partial charge in [0.1, 0.15) is 6.67 Å². The molecule has 3 N–H and O–H groups in total. The molecule has 1 atom stereocenters. The largest absolute Gasteiger partial charge is 0.399 e. The van der Waals surface area contributed by atoms with E-state index < -0.39 is 12.6 Å². The third-order valence-electron chi connectivity index (χ3n) is 3.84. The lowest BCUT2D eigenvalue weighted by Gasteiger charge is -2.24. The number of fused-ring (bicyclic) bond motifs is 1. The minimum Gasteiger partial charge on any atom is -0.399 e. The van der Waals surface area contributed by atoms with Gasteiger partial charge in [-0.15, -0.1) is 5.06 Å². The standard InChI is InChI=1S/C15H18FN3O2/c16-4-6-19-13(8-14(21-19)15(17)20)11-1-2-12-9-18-5-3-10(12)7-11/h1-2,7-8,13,18H,3-6,9H2,(H2,17,20). The molecule has 0 saturated carbocycles. The Morgan fingerprint density at radius 1 is 1.48 bits per heavy atom. The van der Waals surface area contributed by atoms with Crippen LogP contribution in [0.3, 0.4) is 0 Å². The van der Waals surface area contributed by atoms with Crippen molar-refractivity contribution in [3.63, 3.8) is 0 Å². The molecule has 112 valence electrons. The van der Waals surface area contributed by atoms with Crippen molar-refractivity contribution < 1.29 is 14.0 Å². The fourth-order valence-corrected chi connectivity index (χ4v) is 2.78. The number of halogens is 1. The second-order valence-corrected chi connectivity index (χ2v) is 5.22. The van der Waals surface area contributed by atoms with E-state index in [-0.39, 0.29) is 18.3 Å². The molecule has 6 heteroatoms. The van der Waals surface area contributed by atoms with Gasteiger partial charge in [0.05, 0.1) is 12.6 Å². The van der Waals surface area contributed by atoms with Crippen molar-refractivity contribution in [1.82, 2.24) is 10.4 Å². The summed E-state index contributed by atoms with van der Waals surface area (Å²) in [4.78, 5) is 16.6. The molecule has 0 bridgehead atoms. The van der Waals surface area contributed by atoms with Crippen LogP contribution in [-0.2, 0) is 22.6 Å². The lowest BCUT2D eigenvalue weighted by Crippen LogP contribution is -2.27. The van der Waals surface area contributed by atoms with Crippen LogP contribution in [-0.4, -0.2) is 30.7 Å². The number of hydrogen-bond acceptors (Lipinski definition) is 4. The Labute approximate surface area is 122 Å². The molecule has 1 unspecified atom stereocenters. The summed E-state index contributed by atoms with van der Waals surface area (Å²) >= 11 is 0. The monoisotopic (exact) mass is 291 g/mol. The van der Waals surface area contributed by atoms with Crippen molar-refractivity contribution >= 4 is 5.91 Å². The lowest BCUT2D eigenvalue weighted by molar-refractivity contribution is -0.141. The number of nitrogens with one attached hydrogen (secondary N) is 1. The summed E-state index contributed by atoms with van der Waals surface area (Å²) in [6.45, 7) is 1.36. The Balaban J connectivity index is 1.91. The number of alkyl halides is 1. The first-order valence-electron chi connectivity index (χ1n) is 7.03. The van der Waals surface area contributed by atoms with Crippen LogP contribution < -0.4 is 11.1 Å². The molecule has 1 amide bonds. The molecule has 0 aliphatic carbocycles. The minimum atomic E-state index is -0.636. The molecule has 0 aromatic heterocycles. The molecule has 1 aromatic rings. The third-order valence-corrected chi connectivity index (χ3v) is 3.84. The van der Waals surface area contributed by atoms with Crippen molar-refractivity contribution in [1.29, 1.82) is 0 Å². The summed E-state index contributed by atoms with van der Waals surface area (Å²) in [5.74, 6) is -0.559. The second-order valence-electron chi connectivity index (χ2n) is 5.22. The zero-order valence-electron chi connectivity index (χ0n) is 11.6. The van der Waals surface area contributed by atoms with Gasteiger partial charge in [-0.3, -0.25) is 4.79 Å². The third kappa shape index (κ3) is 2.77. The van der Waals surface area contributed by atoms with Gasteiger partial charge in [0.2, 0.25) is 5.76 Å². The number of hydroxylamine groups is 2. The van der Waals surface area contributed by atoms with E-state index in [4.69, 9.17) is 10.6 Å². The highest BCUT2D eigenvalue weighted by molar-refractivity contribution is 5.90. The number of primary amides is 1. The molecular formula is C15H18FN3O2. The van der Waals surface area contributed by atoms with Gasteiger partial charge in [-0.2, -0.15) is 0 Å². The lowest BCUT2D eigenvalue weighted by atomic mass is 9.95. The Bertz CT molecular complexity index is 588. The van der Waals surface area contributed by atoms with E-state index in [1.165, 1.54) is 16.2 Å². The van der Waals surface area contributed by atoms with Crippen LogP contribution >= 0.6 is 0 Å². The molecule has 21 heavy (non-hydrogen) atoms. The predicted molar refractivity (Wildman–Crippen MR) is 75.6 cm³/mol. The fourth-order valence-electron chi connectivity index (χ4n) is 2.78. The van der Waals surface area contributed by atoms with Crippen LogP contribution in [0.5, 0.6) is 0 Å². The van der Waals surface area contributed by atoms with Gasteiger partial charge >= 0.3 is 0 Å². The van der Waals surface area contributed by atoms with Gasteiger partial charge < -0.3 is 15.9 Å². The molecule has 0 spiro atoms. The van der Waals surface area contributed by atoms with E-state index in [0.717, 1.165) is 25.1 Å². The Kier molecular flexibility index (Phi) is 3.90. The maximum Gasteiger partial charge on any atom is 0.286 e. The average molecular weight is 291 g/mol. The van der Waals surface area contributed by atoms with Crippen LogP contribution in [0.1, 0.15) is 22.7 Å². The summed E-state index contributed by atoms with van der Waals surface area (Å²) in [6, 6.07) is 5.89. The molecule has 5 nitrogen and oxygen atoms in total. The number of benzene rings is 1. The van der Waals surface area contributed by atoms with Gasteiger partial charge in [0.25, 0.3) is 5.91 Å². The Hall–Kier alpha value is -1.92. The summed E-state index contributed by atoms with van der Waals surface area (Å²) in [5, 5.41) is 4.78. The smallest absolute Gasteiger partial charge is 0.286 e. The van der Waals surface area contributed by atoms with E-state index in [0.29, 0.717) is 0 Å². The van der Waals surface area contributed by atoms with Crippen LogP contribution in [0.25, 0.3) is 0 Å². The number of nitrogens with zero attached hydrogens (tertiary/aromatic N) is 1. The van der Waals surface area contributed by atoms with E-state index in [9.17, 15) is 9.18 Å². The molecule has 3 rings (SSSR count). The number of amides is 1. The van der Waals surface area contributed by atoms with Crippen molar-refractivity contribution in [2.45, 2.75) is 19.0 Å². The number of nitrogens with two attached hydrogens (primary N) is 1. The zero-order valence-corrected chi connectivity index (χ0v) is 11.6. The van der Waals surface area contributed by atoms with Crippen LogP contribution in [0.2, 0.25) is 0 Å². The summed E-state index contributed by atoms with van der Waals surface area (Å²) < 4.78 is 12.7. The SMILES string of the molecule is NC(=O)C1=CC(c2ccc3c(c2)CCNC3)N(CCF)O1. The molecule has 1 aromatic carbocycles. The number of rotatable bonds is 4. The van der Waals surface area contributed by atoms with E-state index in [1.807, 2.05) is 6.07 Å². The first-order valence-corrected chi connectivity index (χ1v) is 7.03. The van der Waals surface area contributed by atoms with Crippen molar-refractivity contribution in [2.24, 2.45) is 5.73 Å². The number of carbonyl (C=O) groups excluding carboxylic acids is 1. The molecule has 2 heterocycles. The number of hydrogen-bond donors (Lipinski definition) is 2. The van der Waals surface area contributed by atoms with Crippen molar-refractivity contribution in [3.05, 3.63) is 46.7 Å². The second kappa shape index (κ2) is 5.83. The molecule has 0 saturated heterocycles. The van der Waals surface area contributed by atoms with Gasteiger partial charge in [0, 0.05) is 6.54 Å². The molecular weight excluding hydrogens is 273 g/mol. The normalized spacial score (nSPS) is 21.6. The van der Waals surface area contributed by atoms with Gasteiger partial charge in [0.15, 0.2) is 0 Å². The summed E-state index contributed by atoms with van der Waals surface area (Å²) in [7, 11) is 0. The first-order chi connectivity index (χ1) is 10.2. The van der Waals surface area contributed by atoms with E-state index >= 15 is 0 Å². The predicted octanol–water partition coefficient (Wildman–Crippen LogP) is 0.959. The molecule has 0 radical (unpaired) electrons. The average Bonchev–Trinajstić information content (AvgIpc) is 2.91. The fraction of sp³-hybridized carbons (Fsp3) is 0.400. The van der Waals surface area contributed by atoms with Crippen LogP contribution in [0, 0.1) is 0 Å².